The van der Waals surface area contributed by atoms with Crippen molar-refractivity contribution in [3.05, 3.63) is 95.9 Å². The largest absolute Gasteiger partial charge is 0.252 e. The number of nitrogens with zero attached hydrogens (tertiary/aromatic N) is 2. The molecule has 1 aromatic heterocycles. The lowest BCUT2D eigenvalue weighted by Gasteiger charge is -2.03. The second-order valence-electron chi connectivity index (χ2n) is 6.16. The van der Waals surface area contributed by atoms with E-state index >= 15 is 0 Å². The van der Waals surface area contributed by atoms with E-state index in [1.54, 1.807) is 11.3 Å². The molecule has 0 aliphatic rings. The third kappa shape index (κ3) is 4.13. The summed E-state index contributed by atoms with van der Waals surface area (Å²) in [7, 11) is 0. The van der Waals surface area contributed by atoms with Gasteiger partial charge in [0.25, 0.3) is 0 Å². The summed E-state index contributed by atoms with van der Waals surface area (Å²) in [6.07, 6.45) is 0. The van der Waals surface area contributed by atoms with Gasteiger partial charge in [0.2, 0.25) is 5.13 Å². The highest BCUT2D eigenvalue weighted by Gasteiger charge is 2.05. The first-order valence-corrected chi connectivity index (χ1v) is 9.65. The normalized spacial score (nSPS) is 11.4. The van der Waals surface area contributed by atoms with Crippen molar-refractivity contribution in [1.82, 2.24) is 4.98 Å². The van der Waals surface area contributed by atoms with Crippen molar-refractivity contribution in [1.29, 1.82) is 0 Å². The van der Waals surface area contributed by atoms with Crippen LogP contribution < -0.4 is 5.43 Å². The van der Waals surface area contributed by atoms with Crippen LogP contribution in [0.15, 0.2) is 95.4 Å². The highest BCUT2D eigenvalue weighted by Crippen LogP contribution is 2.27. The van der Waals surface area contributed by atoms with Crippen LogP contribution in [0.1, 0.15) is 12.5 Å². The van der Waals surface area contributed by atoms with Gasteiger partial charge >= 0.3 is 0 Å². The third-order valence-corrected chi connectivity index (χ3v) is 5.05. The molecule has 0 bridgehead atoms. The lowest BCUT2D eigenvalue weighted by atomic mass is 10.0. The number of aromatic nitrogens is 1. The summed E-state index contributed by atoms with van der Waals surface area (Å²) in [5.74, 6) is 0. The Morgan fingerprint density at radius 2 is 1.37 bits per heavy atom. The fourth-order valence-corrected chi connectivity index (χ4v) is 3.46. The molecule has 4 aromatic rings. The predicted molar refractivity (Wildman–Crippen MR) is 115 cm³/mol. The van der Waals surface area contributed by atoms with Crippen molar-refractivity contribution in [2.24, 2.45) is 5.10 Å². The Morgan fingerprint density at radius 1 is 0.778 bits per heavy atom. The van der Waals surface area contributed by atoms with Crippen molar-refractivity contribution in [2.75, 3.05) is 5.43 Å². The number of thiazole rings is 1. The van der Waals surface area contributed by atoms with Gasteiger partial charge in [-0.3, -0.25) is 5.43 Å². The number of rotatable bonds is 5. The molecular formula is C23H19N3S. The van der Waals surface area contributed by atoms with Crippen molar-refractivity contribution in [2.45, 2.75) is 6.92 Å². The molecule has 0 radical (unpaired) electrons. The molecule has 27 heavy (non-hydrogen) atoms. The van der Waals surface area contributed by atoms with Gasteiger partial charge in [0, 0.05) is 10.9 Å². The molecule has 1 heterocycles. The van der Waals surface area contributed by atoms with Crippen molar-refractivity contribution < 1.29 is 0 Å². The first kappa shape index (κ1) is 17.2. The molecule has 0 saturated carbocycles. The SMILES string of the molecule is CC(=NNc1nc(-c2ccc(-c3ccccc3)cc2)cs1)c1ccccc1. The van der Waals surface area contributed by atoms with E-state index < -0.39 is 0 Å². The average molecular weight is 369 g/mol. The summed E-state index contributed by atoms with van der Waals surface area (Å²) < 4.78 is 0. The number of hydrazone groups is 1. The third-order valence-electron chi connectivity index (χ3n) is 4.30. The fraction of sp³-hybridized carbons (Fsp3) is 0.0435. The lowest BCUT2D eigenvalue weighted by Crippen LogP contribution is -1.99. The van der Waals surface area contributed by atoms with Gasteiger partial charge in [-0.15, -0.1) is 11.3 Å². The number of anilines is 1. The van der Waals surface area contributed by atoms with Crippen molar-refractivity contribution in [3.63, 3.8) is 0 Å². The van der Waals surface area contributed by atoms with E-state index in [2.05, 4.69) is 64.0 Å². The number of benzene rings is 3. The summed E-state index contributed by atoms with van der Waals surface area (Å²) in [4.78, 5) is 4.65. The molecule has 0 saturated heterocycles. The molecule has 0 aliphatic carbocycles. The Kier molecular flexibility index (Phi) is 5.08. The quantitative estimate of drug-likeness (QED) is 0.330. The zero-order valence-electron chi connectivity index (χ0n) is 15.0. The van der Waals surface area contributed by atoms with Crippen LogP contribution in [0.3, 0.4) is 0 Å². The van der Waals surface area contributed by atoms with Crippen LogP contribution in [0.2, 0.25) is 0 Å². The van der Waals surface area contributed by atoms with Gasteiger partial charge in [-0.2, -0.15) is 5.10 Å². The van der Waals surface area contributed by atoms with Gasteiger partial charge in [0.15, 0.2) is 0 Å². The minimum atomic E-state index is 0.785. The zero-order chi connectivity index (χ0) is 18.5. The molecule has 3 aromatic carbocycles. The molecule has 1 N–H and O–H groups in total. The molecule has 4 rings (SSSR count). The Balaban J connectivity index is 1.48. The summed E-state index contributed by atoms with van der Waals surface area (Å²) in [6, 6.07) is 29.0. The van der Waals surface area contributed by atoms with Crippen LogP contribution in [0.4, 0.5) is 5.13 Å². The topological polar surface area (TPSA) is 37.3 Å². The molecule has 0 aliphatic heterocycles. The standard InChI is InChI=1S/C23H19N3S/c1-17(18-8-4-2-5-9-18)25-26-23-24-22(16-27-23)21-14-12-20(13-15-21)19-10-6-3-7-11-19/h2-16H,1H3,(H,24,26). The Labute approximate surface area is 163 Å². The van der Waals surface area contributed by atoms with E-state index in [1.165, 1.54) is 11.1 Å². The summed E-state index contributed by atoms with van der Waals surface area (Å²) in [5, 5.41) is 7.27. The van der Waals surface area contributed by atoms with E-state index in [4.69, 9.17) is 0 Å². The lowest BCUT2D eigenvalue weighted by molar-refractivity contribution is 1.27. The van der Waals surface area contributed by atoms with Crippen LogP contribution in [-0.2, 0) is 0 Å². The second-order valence-corrected chi connectivity index (χ2v) is 7.01. The minimum absolute atomic E-state index is 0.785. The Hall–Kier alpha value is -3.24. The van der Waals surface area contributed by atoms with Gasteiger partial charge in [-0.25, -0.2) is 4.98 Å². The number of hydrogen-bond donors (Lipinski definition) is 1. The maximum Gasteiger partial charge on any atom is 0.203 e. The number of hydrogen-bond acceptors (Lipinski definition) is 4. The van der Waals surface area contributed by atoms with Crippen LogP contribution in [0, 0.1) is 0 Å². The van der Waals surface area contributed by atoms with Crippen LogP contribution in [-0.4, -0.2) is 10.7 Å². The molecule has 132 valence electrons. The molecule has 0 atom stereocenters. The van der Waals surface area contributed by atoms with Gasteiger partial charge < -0.3 is 0 Å². The van der Waals surface area contributed by atoms with E-state index in [0.29, 0.717) is 0 Å². The van der Waals surface area contributed by atoms with Crippen LogP contribution in [0.25, 0.3) is 22.4 Å². The first-order valence-electron chi connectivity index (χ1n) is 8.77. The predicted octanol–water partition coefficient (Wildman–Crippen LogP) is 6.31. The minimum Gasteiger partial charge on any atom is -0.252 e. The fourth-order valence-electron chi connectivity index (χ4n) is 2.80. The van der Waals surface area contributed by atoms with E-state index in [-0.39, 0.29) is 0 Å². The smallest absolute Gasteiger partial charge is 0.203 e. The maximum absolute atomic E-state index is 4.65. The van der Waals surface area contributed by atoms with Crippen LogP contribution in [0.5, 0.6) is 0 Å². The molecule has 0 fully saturated rings. The average Bonchev–Trinajstić information content (AvgIpc) is 3.22. The Morgan fingerprint density at radius 3 is 2.07 bits per heavy atom. The van der Waals surface area contributed by atoms with E-state index in [9.17, 15) is 0 Å². The zero-order valence-corrected chi connectivity index (χ0v) is 15.8. The Bertz CT molecular complexity index is 1040. The van der Waals surface area contributed by atoms with Gasteiger partial charge in [0.05, 0.1) is 11.4 Å². The molecule has 4 heteroatoms. The second kappa shape index (κ2) is 7.98. The number of nitrogens with one attached hydrogen (secondary N) is 1. The monoisotopic (exact) mass is 369 g/mol. The summed E-state index contributed by atoms with van der Waals surface area (Å²) in [5.41, 5.74) is 9.57. The molecule has 0 spiro atoms. The highest BCUT2D eigenvalue weighted by atomic mass is 32.1. The van der Waals surface area contributed by atoms with Gasteiger partial charge in [-0.1, -0.05) is 84.9 Å². The van der Waals surface area contributed by atoms with Gasteiger partial charge in [0.1, 0.15) is 0 Å². The summed E-state index contributed by atoms with van der Waals surface area (Å²) >= 11 is 1.55. The highest BCUT2D eigenvalue weighted by molar-refractivity contribution is 7.14. The molecular weight excluding hydrogens is 350 g/mol. The van der Waals surface area contributed by atoms with E-state index in [0.717, 1.165) is 27.7 Å². The molecule has 0 unspecified atom stereocenters. The first-order chi connectivity index (χ1) is 13.3. The molecule has 0 amide bonds. The van der Waals surface area contributed by atoms with E-state index in [1.807, 2.05) is 48.7 Å². The summed E-state index contributed by atoms with van der Waals surface area (Å²) in [6.45, 7) is 1.99. The van der Waals surface area contributed by atoms with Gasteiger partial charge in [-0.05, 0) is 23.6 Å². The van der Waals surface area contributed by atoms with Crippen molar-refractivity contribution in [3.8, 4) is 22.4 Å². The maximum atomic E-state index is 4.65. The van der Waals surface area contributed by atoms with Crippen LogP contribution >= 0.6 is 11.3 Å². The van der Waals surface area contributed by atoms with Crippen molar-refractivity contribution >= 4 is 22.2 Å². The molecule has 3 nitrogen and oxygen atoms in total.